The second-order valence-electron chi connectivity index (χ2n) is 14.1. The average molecular weight is 642 g/mol. The second kappa shape index (κ2) is 9.94. The van der Waals surface area contributed by atoms with Gasteiger partial charge in [0, 0.05) is 16.2 Å². The summed E-state index contributed by atoms with van der Waals surface area (Å²) in [5.74, 6) is 0. The summed E-state index contributed by atoms with van der Waals surface area (Å²) < 4.78 is 48.3. The molecule has 1 heteroatoms. The van der Waals surface area contributed by atoms with Gasteiger partial charge in [0.15, 0.2) is 0 Å². The Morgan fingerprint density at radius 1 is 0.440 bits per heavy atom. The van der Waals surface area contributed by atoms with Crippen LogP contribution in [0.5, 0.6) is 0 Å². The van der Waals surface area contributed by atoms with Gasteiger partial charge in [0.25, 0.3) is 0 Å². The van der Waals surface area contributed by atoms with Crippen LogP contribution in [0, 0.1) is 0 Å². The Labute approximate surface area is 297 Å². The molecule has 0 saturated carbocycles. The predicted octanol–water partition coefficient (Wildman–Crippen LogP) is 13.8. The summed E-state index contributed by atoms with van der Waals surface area (Å²) in [6.07, 6.45) is 0. The maximum absolute atomic E-state index is 8.63. The first kappa shape index (κ1) is 23.2. The zero-order valence-electron chi connectivity index (χ0n) is 32.5. The van der Waals surface area contributed by atoms with Gasteiger partial charge in [-0.05, 0) is 112 Å². The van der Waals surface area contributed by atoms with Gasteiger partial charge in [-0.3, -0.25) is 0 Å². The van der Waals surface area contributed by atoms with E-state index in [-0.39, 0.29) is 35.1 Å². The van der Waals surface area contributed by atoms with Crippen LogP contribution in [0.25, 0.3) is 98.8 Å². The molecule has 0 radical (unpaired) electrons. The lowest BCUT2D eigenvalue weighted by Crippen LogP contribution is -2.14. The van der Waals surface area contributed by atoms with E-state index in [9.17, 15) is 0 Å². The maximum atomic E-state index is 8.63. The molecule has 9 aromatic carbocycles. The van der Waals surface area contributed by atoms with E-state index in [1.165, 1.54) is 60.3 Å². The Kier molecular flexibility index (Phi) is 4.61. The topological polar surface area (TPSA) is 13.1 Å². The van der Waals surface area contributed by atoms with Gasteiger partial charge < -0.3 is 4.42 Å². The highest BCUT2D eigenvalue weighted by molar-refractivity contribution is 6.28. The molecule has 10 aromatic rings. The van der Waals surface area contributed by atoms with E-state index in [0.717, 1.165) is 32.9 Å². The van der Waals surface area contributed by atoms with Crippen molar-refractivity contribution in [1.82, 2.24) is 0 Å². The first-order valence-electron chi connectivity index (χ1n) is 19.6. The van der Waals surface area contributed by atoms with Gasteiger partial charge >= 0.3 is 0 Å². The van der Waals surface area contributed by atoms with E-state index in [1.54, 1.807) is 6.07 Å². The highest BCUT2D eigenvalue weighted by Gasteiger charge is 2.35. The van der Waals surface area contributed by atoms with E-state index in [1.807, 2.05) is 24.3 Å². The molecule has 1 aliphatic rings. The second-order valence-corrected chi connectivity index (χ2v) is 14.1. The summed E-state index contributed by atoms with van der Waals surface area (Å²) in [7, 11) is 0. The molecular formula is C49H32O. The first-order chi connectivity index (χ1) is 26.6. The van der Waals surface area contributed by atoms with Crippen LogP contribution >= 0.6 is 0 Å². The third-order valence-corrected chi connectivity index (χ3v) is 11.1. The lowest BCUT2D eigenvalue weighted by molar-refractivity contribution is 0.660. The van der Waals surface area contributed by atoms with Crippen LogP contribution in [0.1, 0.15) is 31.8 Å². The van der Waals surface area contributed by atoms with Crippen molar-refractivity contribution < 1.29 is 11.3 Å². The summed E-state index contributed by atoms with van der Waals surface area (Å²) in [6.45, 7) is 4.63. The molecule has 1 nitrogen and oxygen atoms in total. The van der Waals surface area contributed by atoms with Crippen LogP contribution in [0.2, 0.25) is 0 Å². The maximum Gasteiger partial charge on any atom is 0.136 e. The lowest BCUT2D eigenvalue weighted by atomic mass is 9.82. The minimum Gasteiger partial charge on any atom is -0.456 e. The van der Waals surface area contributed by atoms with Crippen molar-refractivity contribution in [1.29, 1.82) is 0 Å². The van der Waals surface area contributed by atoms with Gasteiger partial charge in [0.1, 0.15) is 11.2 Å². The largest absolute Gasteiger partial charge is 0.456 e. The molecular weight excluding hydrogens is 605 g/mol. The fourth-order valence-corrected chi connectivity index (χ4v) is 8.78. The SMILES string of the molecule is [2H]c1c([2H])c([2H])c(-c2ccc3oc4cccc(-c5ccc6ccc7c(-c8ccc9c(c8)-c8ccccc8C9(C)C)ccc8ccc5c6c87)c4c3c2)c([2H])c1[2H]. The molecule has 0 saturated heterocycles. The monoisotopic (exact) mass is 641 g/mol. The summed E-state index contributed by atoms with van der Waals surface area (Å²) in [4.78, 5) is 0. The minimum atomic E-state index is -0.404. The fraction of sp³-hybridized carbons (Fsp3) is 0.0612. The number of furan rings is 1. The van der Waals surface area contributed by atoms with Crippen LogP contribution in [-0.4, -0.2) is 0 Å². The number of benzene rings is 9. The molecule has 0 fully saturated rings. The van der Waals surface area contributed by atoms with Gasteiger partial charge in [-0.2, -0.15) is 0 Å². The number of rotatable bonds is 3. The summed E-state index contributed by atoms with van der Waals surface area (Å²) >= 11 is 0. The summed E-state index contributed by atoms with van der Waals surface area (Å²) in [5, 5.41) is 8.92. The Morgan fingerprint density at radius 2 is 1.12 bits per heavy atom. The van der Waals surface area contributed by atoms with E-state index >= 15 is 0 Å². The molecule has 234 valence electrons. The smallest absolute Gasteiger partial charge is 0.136 e. The molecule has 0 amide bonds. The molecule has 0 spiro atoms. The van der Waals surface area contributed by atoms with Crippen molar-refractivity contribution in [2.24, 2.45) is 0 Å². The number of fused-ring (bicyclic) bond motifs is 6. The number of hydrogen-bond acceptors (Lipinski definition) is 1. The molecule has 1 heterocycles. The highest BCUT2D eigenvalue weighted by Crippen LogP contribution is 2.51. The van der Waals surface area contributed by atoms with Crippen LogP contribution < -0.4 is 0 Å². The summed E-state index contributed by atoms with van der Waals surface area (Å²) in [5.41, 5.74) is 11.9. The predicted molar refractivity (Wildman–Crippen MR) is 211 cm³/mol. The van der Waals surface area contributed by atoms with Crippen molar-refractivity contribution >= 4 is 54.3 Å². The highest BCUT2D eigenvalue weighted by atomic mass is 16.3. The van der Waals surface area contributed by atoms with Gasteiger partial charge in [-0.15, -0.1) is 0 Å². The Morgan fingerprint density at radius 3 is 1.94 bits per heavy atom. The van der Waals surface area contributed by atoms with Gasteiger partial charge in [-0.25, -0.2) is 0 Å². The molecule has 11 rings (SSSR count). The van der Waals surface area contributed by atoms with E-state index in [2.05, 4.69) is 111 Å². The Bertz CT molecular complexity index is 3270. The molecule has 0 unspecified atom stereocenters. The van der Waals surface area contributed by atoms with Gasteiger partial charge in [-0.1, -0.05) is 147 Å². The van der Waals surface area contributed by atoms with E-state index < -0.39 is 6.04 Å². The molecule has 1 aromatic heterocycles. The third-order valence-electron chi connectivity index (χ3n) is 11.1. The van der Waals surface area contributed by atoms with Crippen LogP contribution in [0.4, 0.5) is 0 Å². The molecule has 0 atom stereocenters. The zero-order chi connectivity index (χ0) is 37.5. The molecule has 0 bridgehead atoms. The molecule has 1 aliphatic carbocycles. The lowest BCUT2D eigenvalue weighted by Gasteiger charge is -2.21. The van der Waals surface area contributed by atoms with Crippen LogP contribution in [-0.2, 0) is 5.41 Å². The van der Waals surface area contributed by atoms with Crippen molar-refractivity contribution in [3.05, 3.63) is 169 Å². The molecule has 0 aliphatic heterocycles. The van der Waals surface area contributed by atoms with Gasteiger partial charge in [0.2, 0.25) is 0 Å². The minimum absolute atomic E-state index is 0.0475. The third kappa shape index (κ3) is 3.72. The molecule has 50 heavy (non-hydrogen) atoms. The quantitative estimate of drug-likeness (QED) is 0.175. The van der Waals surface area contributed by atoms with E-state index in [0.29, 0.717) is 11.1 Å². The number of hydrogen-bond donors (Lipinski definition) is 0. The summed E-state index contributed by atoms with van der Waals surface area (Å²) in [6, 6.07) is 43.7. The van der Waals surface area contributed by atoms with E-state index in [4.69, 9.17) is 11.3 Å². The molecule has 0 N–H and O–H groups in total. The zero-order valence-corrected chi connectivity index (χ0v) is 27.5. The van der Waals surface area contributed by atoms with Crippen molar-refractivity contribution in [2.45, 2.75) is 19.3 Å². The Balaban J connectivity index is 1.13. The standard InChI is InChI=1S/C49H32O/c1-49(2)42-13-7-6-11-36(42)40-28-33(19-25-43(40)49)34-21-15-30-18-24-39-35(22-16-31-17-23-38(34)46(30)47(31)39)37-12-8-14-45-48(37)41-27-32(20-26-44(41)50-45)29-9-4-3-5-10-29/h3-28H,1-2H3/i3D,4D,5D,9D,10D. The van der Waals surface area contributed by atoms with Gasteiger partial charge in [0.05, 0.1) is 6.85 Å². The fourth-order valence-electron chi connectivity index (χ4n) is 8.78. The van der Waals surface area contributed by atoms with Crippen molar-refractivity contribution in [3.8, 4) is 44.5 Å². The van der Waals surface area contributed by atoms with Crippen LogP contribution in [0.15, 0.2) is 162 Å². The first-order valence-corrected chi connectivity index (χ1v) is 17.1. The Hall–Kier alpha value is -6.18. The van der Waals surface area contributed by atoms with Crippen LogP contribution in [0.3, 0.4) is 0 Å². The van der Waals surface area contributed by atoms with Crippen molar-refractivity contribution in [2.75, 3.05) is 0 Å². The van der Waals surface area contributed by atoms with Crippen molar-refractivity contribution in [3.63, 3.8) is 0 Å². The average Bonchev–Trinajstić information content (AvgIpc) is 3.69. The normalized spacial score (nSPS) is 15.0.